The minimum atomic E-state index is -3.34. The monoisotopic (exact) mass is 364 g/mol. The standard InChI is InChI=1S/C20H22F2O2S/c1-2-14-3-4-15(11-14)13-25(23,24)18-8-5-16(6-9-18)19-10-7-17(21)12-20(19)22/h5-10,12,14-15H,2-4,11,13H2,1H3. The van der Waals surface area contributed by atoms with Crippen LogP contribution in [0, 0.1) is 23.5 Å². The Kier molecular flexibility index (Phi) is 5.23. The molecule has 1 aliphatic rings. The van der Waals surface area contributed by atoms with Crippen LogP contribution in [0.1, 0.15) is 32.6 Å². The predicted octanol–water partition coefficient (Wildman–Crippen LogP) is 5.23. The number of benzene rings is 2. The SMILES string of the molecule is CCC1CCC(CS(=O)(=O)c2ccc(-c3ccc(F)cc3F)cc2)C1. The molecule has 25 heavy (non-hydrogen) atoms. The van der Waals surface area contributed by atoms with Gasteiger partial charge in [0.05, 0.1) is 10.6 Å². The summed E-state index contributed by atoms with van der Waals surface area (Å²) in [5, 5.41) is 0. The van der Waals surface area contributed by atoms with Crippen molar-refractivity contribution in [2.24, 2.45) is 11.8 Å². The molecule has 5 heteroatoms. The van der Waals surface area contributed by atoms with Gasteiger partial charge in [0.15, 0.2) is 9.84 Å². The van der Waals surface area contributed by atoms with Crippen LogP contribution in [0.5, 0.6) is 0 Å². The van der Waals surface area contributed by atoms with Gasteiger partial charge >= 0.3 is 0 Å². The second-order valence-electron chi connectivity index (χ2n) is 6.88. The molecule has 2 atom stereocenters. The van der Waals surface area contributed by atoms with E-state index in [1.54, 1.807) is 12.1 Å². The smallest absolute Gasteiger partial charge is 0.178 e. The molecule has 134 valence electrons. The lowest BCUT2D eigenvalue weighted by molar-refractivity contribution is 0.497. The first kappa shape index (κ1) is 18.1. The quantitative estimate of drug-likeness (QED) is 0.728. The van der Waals surface area contributed by atoms with Gasteiger partial charge in [-0.15, -0.1) is 0 Å². The Morgan fingerprint density at radius 1 is 1.00 bits per heavy atom. The van der Waals surface area contributed by atoms with E-state index in [4.69, 9.17) is 0 Å². The van der Waals surface area contributed by atoms with E-state index in [0.717, 1.165) is 31.7 Å². The molecule has 2 unspecified atom stereocenters. The molecular formula is C20H22F2O2S. The van der Waals surface area contributed by atoms with Crippen molar-refractivity contribution < 1.29 is 17.2 Å². The zero-order chi connectivity index (χ0) is 18.0. The lowest BCUT2D eigenvalue weighted by atomic mass is 10.0. The average molecular weight is 364 g/mol. The Hall–Kier alpha value is -1.75. The van der Waals surface area contributed by atoms with Crippen molar-refractivity contribution in [3.8, 4) is 11.1 Å². The molecule has 1 saturated carbocycles. The molecule has 3 rings (SSSR count). The van der Waals surface area contributed by atoms with E-state index in [-0.39, 0.29) is 22.1 Å². The van der Waals surface area contributed by atoms with Gasteiger partial charge in [-0.05, 0) is 54.5 Å². The van der Waals surface area contributed by atoms with Gasteiger partial charge < -0.3 is 0 Å². The molecule has 2 nitrogen and oxygen atoms in total. The third-order valence-corrected chi connectivity index (χ3v) is 7.04. The molecule has 0 amide bonds. The highest BCUT2D eigenvalue weighted by atomic mass is 32.2. The normalized spacial score (nSPS) is 20.8. The summed E-state index contributed by atoms with van der Waals surface area (Å²) in [6, 6.07) is 9.55. The van der Waals surface area contributed by atoms with Crippen molar-refractivity contribution in [3.63, 3.8) is 0 Å². The molecule has 1 aliphatic carbocycles. The molecule has 2 aromatic carbocycles. The van der Waals surface area contributed by atoms with E-state index in [9.17, 15) is 17.2 Å². The zero-order valence-electron chi connectivity index (χ0n) is 14.2. The summed E-state index contributed by atoms with van der Waals surface area (Å²) in [6.07, 6.45) is 4.17. The Bertz CT molecular complexity index is 844. The van der Waals surface area contributed by atoms with Crippen LogP contribution in [0.4, 0.5) is 8.78 Å². The summed E-state index contributed by atoms with van der Waals surface area (Å²) in [6.45, 7) is 2.15. The molecule has 0 radical (unpaired) electrons. The molecule has 0 aliphatic heterocycles. The lowest BCUT2D eigenvalue weighted by Crippen LogP contribution is -2.14. The Morgan fingerprint density at radius 2 is 1.68 bits per heavy atom. The van der Waals surface area contributed by atoms with Crippen LogP contribution in [-0.4, -0.2) is 14.2 Å². The van der Waals surface area contributed by atoms with Crippen LogP contribution in [-0.2, 0) is 9.84 Å². The van der Waals surface area contributed by atoms with Gasteiger partial charge in [0, 0.05) is 11.6 Å². The van der Waals surface area contributed by atoms with Crippen LogP contribution in [0.2, 0.25) is 0 Å². The van der Waals surface area contributed by atoms with Crippen LogP contribution in [0.3, 0.4) is 0 Å². The summed E-state index contributed by atoms with van der Waals surface area (Å²) in [5.41, 5.74) is 0.787. The van der Waals surface area contributed by atoms with Crippen molar-refractivity contribution in [2.75, 3.05) is 5.75 Å². The second kappa shape index (κ2) is 7.24. The van der Waals surface area contributed by atoms with Crippen LogP contribution in [0.25, 0.3) is 11.1 Å². The number of rotatable bonds is 5. The van der Waals surface area contributed by atoms with Crippen molar-refractivity contribution in [3.05, 3.63) is 54.1 Å². The topological polar surface area (TPSA) is 34.1 Å². The van der Waals surface area contributed by atoms with Crippen molar-refractivity contribution >= 4 is 9.84 Å². The molecular weight excluding hydrogens is 342 g/mol. The fourth-order valence-electron chi connectivity index (χ4n) is 3.67. The van der Waals surface area contributed by atoms with Gasteiger partial charge in [-0.2, -0.15) is 0 Å². The van der Waals surface area contributed by atoms with Gasteiger partial charge in [0.1, 0.15) is 11.6 Å². The van der Waals surface area contributed by atoms with Crippen LogP contribution >= 0.6 is 0 Å². The summed E-state index contributed by atoms with van der Waals surface area (Å²) in [5.74, 6) is -0.254. The van der Waals surface area contributed by atoms with Gasteiger partial charge in [-0.3, -0.25) is 0 Å². The number of sulfone groups is 1. The van der Waals surface area contributed by atoms with E-state index >= 15 is 0 Å². The molecule has 1 fully saturated rings. The highest BCUT2D eigenvalue weighted by molar-refractivity contribution is 7.91. The number of hydrogen-bond donors (Lipinski definition) is 0. The maximum Gasteiger partial charge on any atom is 0.178 e. The molecule has 0 bridgehead atoms. The lowest BCUT2D eigenvalue weighted by Gasteiger charge is -2.12. The first-order valence-electron chi connectivity index (χ1n) is 8.67. The minimum absolute atomic E-state index is 0.174. The summed E-state index contributed by atoms with van der Waals surface area (Å²) < 4.78 is 52.1. The van der Waals surface area contributed by atoms with Crippen molar-refractivity contribution in [1.82, 2.24) is 0 Å². The summed E-state index contributed by atoms with van der Waals surface area (Å²) in [4.78, 5) is 0.263. The van der Waals surface area contributed by atoms with E-state index in [1.807, 2.05) is 0 Å². The first-order valence-corrected chi connectivity index (χ1v) is 10.3. The maximum absolute atomic E-state index is 13.9. The van der Waals surface area contributed by atoms with Crippen LogP contribution in [0.15, 0.2) is 47.4 Å². The Balaban J connectivity index is 1.77. The maximum atomic E-state index is 13.9. The molecule has 2 aromatic rings. The highest BCUT2D eigenvalue weighted by Gasteiger charge is 2.28. The molecule has 0 saturated heterocycles. The van der Waals surface area contributed by atoms with Crippen molar-refractivity contribution in [1.29, 1.82) is 0 Å². The fraction of sp³-hybridized carbons (Fsp3) is 0.400. The minimum Gasteiger partial charge on any atom is -0.224 e. The van der Waals surface area contributed by atoms with Gasteiger partial charge in [-0.1, -0.05) is 31.9 Å². The third-order valence-electron chi connectivity index (χ3n) is 5.14. The predicted molar refractivity (Wildman–Crippen MR) is 95.0 cm³/mol. The molecule has 0 spiro atoms. The van der Waals surface area contributed by atoms with Gasteiger partial charge in [0.25, 0.3) is 0 Å². The van der Waals surface area contributed by atoms with Crippen molar-refractivity contribution in [2.45, 2.75) is 37.5 Å². The fourth-order valence-corrected chi connectivity index (χ4v) is 5.34. The van der Waals surface area contributed by atoms with E-state index < -0.39 is 21.5 Å². The highest BCUT2D eigenvalue weighted by Crippen LogP contribution is 2.35. The average Bonchev–Trinajstić information content (AvgIpc) is 3.02. The number of halogens is 2. The molecule has 0 heterocycles. The zero-order valence-corrected chi connectivity index (χ0v) is 15.0. The van der Waals surface area contributed by atoms with Gasteiger partial charge in [0.2, 0.25) is 0 Å². The van der Waals surface area contributed by atoms with Gasteiger partial charge in [-0.25, -0.2) is 17.2 Å². The van der Waals surface area contributed by atoms with E-state index in [0.29, 0.717) is 11.5 Å². The summed E-state index contributed by atoms with van der Waals surface area (Å²) >= 11 is 0. The van der Waals surface area contributed by atoms with Crippen LogP contribution < -0.4 is 0 Å². The van der Waals surface area contributed by atoms with E-state index in [2.05, 4.69) is 6.92 Å². The Morgan fingerprint density at radius 3 is 2.28 bits per heavy atom. The summed E-state index contributed by atoms with van der Waals surface area (Å²) in [7, 11) is -3.34. The van der Waals surface area contributed by atoms with E-state index in [1.165, 1.54) is 24.3 Å². The molecule has 0 N–H and O–H groups in total. The number of hydrogen-bond acceptors (Lipinski definition) is 2. The third kappa shape index (κ3) is 4.09. The second-order valence-corrected chi connectivity index (χ2v) is 8.92. The Labute approximate surface area is 147 Å². The largest absolute Gasteiger partial charge is 0.224 e. The molecule has 0 aromatic heterocycles. The first-order chi connectivity index (χ1) is 11.9.